The van der Waals surface area contributed by atoms with Crippen LogP contribution in [-0.2, 0) is 16.6 Å². The largest absolute Gasteiger partial charge is 0.322 e. The van der Waals surface area contributed by atoms with E-state index >= 15 is 0 Å². The van der Waals surface area contributed by atoms with Gasteiger partial charge >= 0.3 is 0 Å². The van der Waals surface area contributed by atoms with Gasteiger partial charge < -0.3 is 5.32 Å². The molecule has 5 nitrogen and oxygen atoms in total. The van der Waals surface area contributed by atoms with Crippen LogP contribution in [0, 0.1) is 5.82 Å². The molecule has 0 aliphatic carbocycles. The highest BCUT2D eigenvalue weighted by atomic mass is 35.5. The molecule has 0 fully saturated rings. The van der Waals surface area contributed by atoms with Gasteiger partial charge in [0.15, 0.2) is 0 Å². The Labute approximate surface area is 184 Å². The number of rotatable bonds is 6. The zero-order chi connectivity index (χ0) is 21.9. The van der Waals surface area contributed by atoms with Gasteiger partial charge in [-0.05, 0) is 54.1 Å². The minimum atomic E-state index is -3.62. The van der Waals surface area contributed by atoms with Crippen LogP contribution in [0.4, 0.5) is 15.8 Å². The van der Waals surface area contributed by atoms with Crippen molar-refractivity contribution in [2.45, 2.75) is 6.54 Å². The standard InChI is InChI=1S/C21H17Cl2FN2O3S/c1-30(28,29)26(20-10-16(22)9-17(23)11-20)13-14-5-7-15(8-6-14)21(27)25-19-4-2-3-18(24)12-19/h2-12H,13H2,1H3,(H,25,27). The van der Waals surface area contributed by atoms with Gasteiger partial charge in [0.05, 0.1) is 18.5 Å². The maximum absolute atomic E-state index is 13.3. The van der Waals surface area contributed by atoms with Crippen LogP contribution in [-0.4, -0.2) is 20.6 Å². The van der Waals surface area contributed by atoms with Crippen molar-refractivity contribution in [1.29, 1.82) is 0 Å². The summed E-state index contributed by atoms with van der Waals surface area (Å²) >= 11 is 12.0. The van der Waals surface area contributed by atoms with E-state index in [0.717, 1.165) is 6.26 Å². The quantitative estimate of drug-likeness (QED) is 0.532. The second-order valence-electron chi connectivity index (χ2n) is 6.56. The summed E-state index contributed by atoms with van der Waals surface area (Å²) in [5.41, 5.74) is 1.67. The maximum atomic E-state index is 13.3. The number of nitrogens with one attached hydrogen (secondary N) is 1. The Morgan fingerprint density at radius 3 is 2.20 bits per heavy atom. The fraction of sp³-hybridized carbons (Fsp3) is 0.0952. The van der Waals surface area contributed by atoms with Crippen LogP contribution >= 0.6 is 23.2 Å². The summed E-state index contributed by atoms with van der Waals surface area (Å²) in [5, 5.41) is 3.24. The van der Waals surface area contributed by atoms with Crippen molar-refractivity contribution in [2.24, 2.45) is 0 Å². The van der Waals surface area contributed by atoms with E-state index in [1.54, 1.807) is 30.3 Å². The maximum Gasteiger partial charge on any atom is 0.255 e. The predicted molar refractivity (Wildman–Crippen MR) is 118 cm³/mol. The van der Waals surface area contributed by atoms with Gasteiger partial charge in [-0.25, -0.2) is 12.8 Å². The number of halogens is 3. The van der Waals surface area contributed by atoms with Crippen molar-refractivity contribution in [3.8, 4) is 0 Å². The van der Waals surface area contributed by atoms with Crippen LogP contribution in [0.3, 0.4) is 0 Å². The van der Waals surface area contributed by atoms with Crippen LogP contribution < -0.4 is 9.62 Å². The minimum absolute atomic E-state index is 0.0291. The van der Waals surface area contributed by atoms with E-state index in [4.69, 9.17) is 23.2 Å². The van der Waals surface area contributed by atoms with E-state index < -0.39 is 21.7 Å². The Bertz CT molecular complexity index is 1160. The number of carbonyl (C=O) groups excluding carboxylic acids is 1. The summed E-state index contributed by atoms with van der Waals surface area (Å²) in [7, 11) is -3.62. The molecule has 0 heterocycles. The summed E-state index contributed by atoms with van der Waals surface area (Å²) in [4.78, 5) is 12.3. The smallest absolute Gasteiger partial charge is 0.255 e. The molecule has 0 saturated carbocycles. The molecule has 156 valence electrons. The van der Waals surface area contributed by atoms with Crippen LogP contribution in [0.25, 0.3) is 0 Å². The van der Waals surface area contributed by atoms with Gasteiger partial charge in [0.1, 0.15) is 5.82 Å². The van der Waals surface area contributed by atoms with Crippen molar-refractivity contribution >= 4 is 50.5 Å². The first-order chi connectivity index (χ1) is 14.1. The molecule has 0 saturated heterocycles. The van der Waals surface area contributed by atoms with E-state index in [2.05, 4.69) is 5.32 Å². The second-order valence-corrected chi connectivity index (χ2v) is 9.34. The molecule has 3 rings (SSSR count). The predicted octanol–water partition coefficient (Wildman–Crippen LogP) is 5.35. The number of carbonyl (C=O) groups is 1. The third-order valence-corrected chi connectivity index (χ3v) is 5.74. The molecule has 0 aliphatic heterocycles. The number of anilines is 2. The summed E-state index contributed by atoms with van der Waals surface area (Å²) in [5.74, 6) is -0.862. The van der Waals surface area contributed by atoms with Crippen molar-refractivity contribution in [3.63, 3.8) is 0 Å². The molecular weight excluding hydrogens is 450 g/mol. The third-order valence-electron chi connectivity index (χ3n) is 4.16. The lowest BCUT2D eigenvalue weighted by Crippen LogP contribution is -2.29. The van der Waals surface area contributed by atoms with Gasteiger partial charge in [0.2, 0.25) is 10.0 Å². The molecule has 30 heavy (non-hydrogen) atoms. The highest BCUT2D eigenvalue weighted by Crippen LogP contribution is 2.28. The van der Waals surface area contributed by atoms with Gasteiger partial charge in [0, 0.05) is 21.3 Å². The molecule has 0 atom stereocenters. The van der Waals surface area contributed by atoms with E-state index in [9.17, 15) is 17.6 Å². The third kappa shape index (κ3) is 5.72. The molecule has 0 aliphatic rings. The Morgan fingerprint density at radius 2 is 1.63 bits per heavy atom. The summed E-state index contributed by atoms with van der Waals surface area (Å²) in [6.45, 7) is 0.0291. The highest BCUT2D eigenvalue weighted by Gasteiger charge is 2.19. The van der Waals surface area contributed by atoms with E-state index in [1.807, 2.05) is 0 Å². The van der Waals surface area contributed by atoms with Gasteiger partial charge in [0.25, 0.3) is 5.91 Å². The van der Waals surface area contributed by atoms with Gasteiger partial charge in [-0.15, -0.1) is 0 Å². The number of hydrogen-bond donors (Lipinski definition) is 1. The van der Waals surface area contributed by atoms with Gasteiger partial charge in [-0.3, -0.25) is 9.10 Å². The summed E-state index contributed by atoms with van der Waals surface area (Å²) in [6.07, 6.45) is 1.09. The SMILES string of the molecule is CS(=O)(=O)N(Cc1ccc(C(=O)Nc2cccc(F)c2)cc1)c1cc(Cl)cc(Cl)c1. The highest BCUT2D eigenvalue weighted by molar-refractivity contribution is 7.92. The molecular formula is C21H17Cl2FN2O3S. The average Bonchev–Trinajstić information content (AvgIpc) is 2.65. The first-order valence-electron chi connectivity index (χ1n) is 8.71. The van der Waals surface area contributed by atoms with Crippen molar-refractivity contribution in [3.05, 3.63) is 93.7 Å². The molecule has 0 radical (unpaired) electrons. The Hall–Kier alpha value is -2.61. The zero-order valence-electron chi connectivity index (χ0n) is 15.8. The molecule has 9 heteroatoms. The second kappa shape index (κ2) is 9.04. The fourth-order valence-corrected chi connectivity index (χ4v) is 4.17. The Morgan fingerprint density at radius 1 is 1.00 bits per heavy atom. The first-order valence-corrected chi connectivity index (χ1v) is 11.3. The van der Waals surface area contributed by atoms with Crippen LogP contribution in [0.1, 0.15) is 15.9 Å². The zero-order valence-corrected chi connectivity index (χ0v) is 18.1. The lowest BCUT2D eigenvalue weighted by Gasteiger charge is -2.23. The van der Waals surface area contributed by atoms with Crippen molar-refractivity contribution in [1.82, 2.24) is 0 Å². The Balaban J connectivity index is 1.79. The number of nitrogens with zero attached hydrogens (tertiary/aromatic N) is 1. The van der Waals surface area contributed by atoms with Gasteiger partial charge in [-0.2, -0.15) is 0 Å². The normalized spacial score (nSPS) is 11.2. The number of benzene rings is 3. The van der Waals surface area contributed by atoms with Crippen molar-refractivity contribution in [2.75, 3.05) is 15.9 Å². The van der Waals surface area contributed by atoms with Crippen LogP contribution in [0.15, 0.2) is 66.7 Å². The fourth-order valence-electron chi connectivity index (χ4n) is 2.78. The molecule has 0 spiro atoms. The molecule has 0 aromatic heterocycles. The van der Waals surface area contributed by atoms with E-state index in [-0.39, 0.29) is 6.54 Å². The first kappa shape index (κ1) is 22.1. The summed E-state index contributed by atoms with van der Waals surface area (Å²) < 4.78 is 39.1. The van der Waals surface area contributed by atoms with Crippen molar-refractivity contribution < 1.29 is 17.6 Å². The number of sulfonamides is 1. The van der Waals surface area contributed by atoms with Gasteiger partial charge in [-0.1, -0.05) is 41.4 Å². The minimum Gasteiger partial charge on any atom is -0.322 e. The lowest BCUT2D eigenvalue weighted by molar-refractivity contribution is 0.102. The molecule has 3 aromatic carbocycles. The lowest BCUT2D eigenvalue weighted by atomic mass is 10.1. The van der Waals surface area contributed by atoms with Crippen LogP contribution in [0.2, 0.25) is 10.0 Å². The Kier molecular flexibility index (Phi) is 6.65. The monoisotopic (exact) mass is 466 g/mol. The number of amides is 1. The molecule has 1 N–H and O–H groups in total. The molecule has 3 aromatic rings. The van der Waals surface area contributed by atoms with E-state index in [0.29, 0.717) is 32.5 Å². The summed E-state index contributed by atoms with van der Waals surface area (Å²) in [6, 6.07) is 16.5. The molecule has 0 unspecified atom stereocenters. The van der Waals surface area contributed by atoms with Crippen LogP contribution in [0.5, 0.6) is 0 Å². The number of hydrogen-bond acceptors (Lipinski definition) is 3. The van der Waals surface area contributed by atoms with E-state index in [1.165, 1.54) is 40.7 Å². The average molecular weight is 467 g/mol. The topological polar surface area (TPSA) is 66.5 Å². The molecule has 1 amide bonds. The molecule has 0 bridgehead atoms.